The first kappa shape index (κ1) is 15.7. The van der Waals surface area contributed by atoms with Gasteiger partial charge in [0.2, 0.25) is 0 Å². The topological polar surface area (TPSA) is 41.1 Å². The van der Waals surface area contributed by atoms with Gasteiger partial charge in [-0.05, 0) is 61.0 Å². The Kier molecular flexibility index (Phi) is 4.57. The Bertz CT molecular complexity index is 860. The average molecular weight is 320 g/mol. The Morgan fingerprint density at radius 2 is 1.62 bits per heavy atom. The third kappa shape index (κ3) is 3.79. The van der Waals surface area contributed by atoms with Crippen LogP contribution in [0.1, 0.15) is 15.9 Å². The van der Waals surface area contributed by atoms with Crippen LogP contribution >= 0.6 is 0 Å². The number of carbonyl (C=O) groups is 1. The van der Waals surface area contributed by atoms with Crippen LogP contribution in [0, 0.1) is 12.7 Å². The zero-order valence-corrected chi connectivity index (χ0v) is 13.2. The van der Waals surface area contributed by atoms with E-state index < -0.39 is 0 Å². The molecule has 24 heavy (non-hydrogen) atoms. The van der Waals surface area contributed by atoms with Gasteiger partial charge in [-0.3, -0.25) is 4.79 Å². The molecular formula is C20H17FN2O. The van der Waals surface area contributed by atoms with Crippen molar-refractivity contribution in [1.29, 1.82) is 0 Å². The van der Waals surface area contributed by atoms with Crippen molar-refractivity contribution in [2.45, 2.75) is 6.92 Å². The summed E-state index contributed by atoms with van der Waals surface area (Å²) in [5, 5.41) is 6.05. The van der Waals surface area contributed by atoms with Crippen molar-refractivity contribution in [2.75, 3.05) is 10.6 Å². The van der Waals surface area contributed by atoms with Crippen LogP contribution in [-0.4, -0.2) is 5.91 Å². The molecule has 0 radical (unpaired) electrons. The molecule has 3 aromatic carbocycles. The number of hydrogen-bond donors (Lipinski definition) is 2. The second-order valence-corrected chi connectivity index (χ2v) is 5.50. The van der Waals surface area contributed by atoms with Gasteiger partial charge in [-0.1, -0.05) is 24.3 Å². The summed E-state index contributed by atoms with van der Waals surface area (Å²) < 4.78 is 13.0. The largest absolute Gasteiger partial charge is 0.355 e. The van der Waals surface area contributed by atoms with Crippen molar-refractivity contribution in [3.8, 4) is 0 Å². The van der Waals surface area contributed by atoms with Crippen LogP contribution in [0.4, 0.5) is 21.5 Å². The monoisotopic (exact) mass is 320 g/mol. The van der Waals surface area contributed by atoms with Gasteiger partial charge >= 0.3 is 0 Å². The average Bonchev–Trinajstić information content (AvgIpc) is 2.57. The number of halogens is 1. The fourth-order valence-corrected chi connectivity index (χ4v) is 2.40. The second kappa shape index (κ2) is 6.96. The molecular weight excluding hydrogens is 303 g/mol. The van der Waals surface area contributed by atoms with E-state index in [0.29, 0.717) is 16.9 Å². The SMILES string of the molecule is Cc1cccc(NC(=O)c2ccccc2Nc2ccc(F)cc2)c1. The Morgan fingerprint density at radius 1 is 0.875 bits per heavy atom. The highest BCUT2D eigenvalue weighted by Crippen LogP contribution is 2.22. The molecule has 4 heteroatoms. The second-order valence-electron chi connectivity index (χ2n) is 5.50. The molecule has 3 aromatic rings. The van der Waals surface area contributed by atoms with E-state index in [-0.39, 0.29) is 11.7 Å². The minimum atomic E-state index is -0.300. The summed E-state index contributed by atoms with van der Waals surface area (Å²) in [7, 11) is 0. The maximum Gasteiger partial charge on any atom is 0.257 e. The van der Waals surface area contributed by atoms with Gasteiger partial charge in [-0.2, -0.15) is 0 Å². The molecule has 0 spiro atoms. The number of para-hydroxylation sites is 1. The Labute approximate surface area is 140 Å². The minimum absolute atomic E-state index is 0.203. The lowest BCUT2D eigenvalue weighted by atomic mass is 10.1. The van der Waals surface area contributed by atoms with Crippen LogP contribution in [-0.2, 0) is 0 Å². The van der Waals surface area contributed by atoms with E-state index in [1.54, 1.807) is 24.3 Å². The van der Waals surface area contributed by atoms with Gasteiger partial charge in [0.25, 0.3) is 5.91 Å². The van der Waals surface area contributed by atoms with Crippen LogP contribution in [0.3, 0.4) is 0 Å². The van der Waals surface area contributed by atoms with Crippen molar-refractivity contribution >= 4 is 23.0 Å². The highest BCUT2D eigenvalue weighted by atomic mass is 19.1. The molecule has 0 bridgehead atoms. The molecule has 0 fully saturated rings. The van der Waals surface area contributed by atoms with Crippen molar-refractivity contribution in [3.05, 3.63) is 89.7 Å². The predicted octanol–water partition coefficient (Wildman–Crippen LogP) is 5.13. The fraction of sp³-hybridized carbons (Fsp3) is 0.0500. The lowest BCUT2D eigenvalue weighted by Gasteiger charge is -2.12. The molecule has 0 aliphatic rings. The summed E-state index contributed by atoms with van der Waals surface area (Å²) in [5.74, 6) is -0.503. The highest BCUT2D eigenvalue weighted by molar-refractivity contribution is 6.08. The molecule has 0 aliphatic heterocycles. The van der Waals surface area contributed by atoms with Crippen LogP contribution in [0.25, 0.3) is 0 Å². The summed E-state index contributed by atoms with van der Waals surface area (Å²) in [6.45, 7) is 1.97. The highest BCUT2D eigenvalue weighted by Gasteiger charge is 2.11. The fourth-order valence-electron chi connectivity index (χ4n) is 2.40. The van der Waals surface area contributed by atoms with Gasteiger partial charge in [-0.15, -0.1) is 0 Å². The minimum Gasteiger partial charge on any atom is -0.355 e. The van der Waals surface area contributed by atoms with Gasteiger partial charge in [0.05, 0.1) is 11.3 Å². The van der Waals surface area contributed by atoms with Gasteiger partial charge in [-0.25, -0.2) is 4.39 Å². The molecule has 0 saturated carbocycles. The molecule has 0 unspecified atom stereocenters. The molecule has 120 valence electrons. The molecule has 3 rings (SSSR count). The molecule has 3 nitrogen and oxygen atoms in total. The van der Waals surface area contributed by atoms with Gasteiger partial charge < -0.3 is 10.6 Å². The van der Waals surface area contributed by atoms with Crippen LogP contribution in [0.15, 0.2) is 72.8 Å². The third-order valence-electron chi connectivity index (χ3n) is 3.57. The van der Waals surface area contributed by atoms with E-state index in [2.05, 4.69) is 10.6 Å². The van der Waals surface area contributed by atoms with Crippen LogP contribution in [0.5, 0.6) is 0 Å². The molecule has 0 aliphatic carbocycles. The van der Waals surface area contributed by atoms with Gasteiger partial charge in [0, 0.05) is 11.4 Å². The van der Waals surface area contributed by atoms with Gasteiger partial charge in [0.1, 0.15) is 5.82 Å². The first-order valence-electron chi connectivity index (χ1n) is 7.61. The van der Waals surface area contributed by atoms with Crippen LogP contribution in [0.2, 0.25) is 0 Å². The van der Waals surface area contributed by atoms with E-state index in [0.717, 1.165) is 11.3 Å². The molecule has 1 amide bonds. The van der Waals surface area contributed by atoms with E-state index in [4.69, 9.17) is 0 Å². The van der Waals surface area contributed by atoms with Crippen molar-refractivity contribution in [3.63, 3.8) is 0 Å². The number of hydrogen-bond acceptors (Lipinski definition) is 2. The van der Waals surface area contributed by atoms with Crippen molar-refractivity contribution < 1.29 is 9.18 Å². The quantitative estimate of drug-likeness (QED) is 0.699. The molecule has 0 aromatic heterocycles. The summed E-state index contributed by atoms with van der Waals surface area (Å²) in [6, 6.07) is 20.8. The number of nitrogens with one attached hydrogen (secondary N) is 2. The van der Waals surface area contributed by atoms with E-state index >= 15 is 0 Å². The first-order valence-corrected chi connectivity index (χ1v) is 7.61. The number of benzene rings is 3. The number of anilines is 3. The summed E-state index contributed by atoms with van der Waals surface area (Å²) >= 11 is 0. The molecule has 0 saturated heterocycles. The normalized spacial score (nSPS) is 10.2. The van der Waals surface area contributed by atoms with Crippen LogP contribution < -0.4 is 10.6 Å². The summed E-state index contributed by atoms with van der Waals surface area (Å²) in [6.07, 6.45) is 0. The third-order valence-corrected chi connectivity index (χ3v) is 3.57. The molecule has 0 heterocycles. The lowest BCUT2D eigenvalue weighted by molar-refractivity contribution is 0.102. The smallest absolute Gasteiger partial charge is 0.257 e. The Morgan fingerprint density at radius 3 is 2.38 bits per heavy atom. The Balaban J connectivity index is 1.83. The molecule has 0 atom stereocenters. The zero-order valence-electron chi connectivity index (χ0n) is 13.2. The summed E-state index contributed by atoms with van der Waals surface area (Å²) in [4.78, 5) is 12.6. The van der Waals surface area contributed by atoms with E-state index in [9.17, 15) is 9.18 Å². The first-order chi connectivity index (χ1) is 11.6. The van der Waals surface area contributed by atoms with Gasteiger partial charge in [0.15, 0.2) is 0 Å². The standard InChI is InChI=1S/C20H17FN2O/c1-14-5-4-6-17(13-14)23-20(24)18-7-2-3-8-19(18)22-16-11-9-15(21)10-12-16/h2-13,22H,1H3,(H,23,24). The zero-order chi connectivity index (χ0) is 16.9. The predicted molar refractivity (Wildman–Crippen MR) is 95.3 cm³/mol. The van der Waals surface area contributed by atoms with E-state index in [1.807, 2.05) is 43.3 Å². The number of carbonyl (C=O) groups excluding carboxylic acids is 1. The maximum absolute atomic E-state index is 13.0. The van der Waals surface area contributed by atoms with E-state index in [1.165, 1.54) is 12.1 Å². The van der Waals surface area contributed by atoms with Crippen molar-refractivity contribution in [2.24, 2.45) is 0 Å². The maximum atomic E-state index is 13.0. The number of rotatable bonds is 4. The van der Waals surface area contributed by atoms with Crippen molar-refractivity contribution in [1.82, 2.24) is 0 Å². The Hall–Kier alpha value is -3.14. The lowest BCUT2D eigenvalue weighted by Crippen LogP contribution is -2.13. The summed E-state index contributed by atoms with van der Waals surface area (Å²) in [5.41, 5.74) is 3.71. The molecule has 2 N–H and O–H groups in total. The number of aryl methyl sites for hydroxylation is 1. The number of amides is 1.